The molecule has 0 aromatic carbocycles. The van der Waals surface area contributed by atoms with E-state index >= 15 is 0 Å². The summed E-state index contributed by atoms with van der Waals surface area (Å²) in [7, 11) is 1.59. The Hall–Kier alpha value is -1.30. The third-order valence-electron chi connectivity index (χ3n) is 1.99. The molecule has 0 fully saturated rings. The van der Waals surface area contributed by atoms with Crippen molar-refractivity contribution in [2.75, 3.05) is 26.8 Å². The first-order valence-electron chi connectivity index (χ1n) is 5.65. The summed E-state index contributed by atoms with van der Waals surface area (Å²) in [5, 5.41) is 10.0. The van der Waals surface area contributed by atoms with Crippen LogP contribution in [0.4, 0.5) is 4.79 Å². The summed E-state index contributed by atoms with van der Waals surface area (Å²) in [5.41, 5.74) is 5.01. The zero-order valence-corrected chi connectivity index (χ0v) is 11.2. The van der Waals surface area contributed by atoms with E-state index in [4.69, 9.17) is 15.9 Å². The second-order valence-corrected chi connectivity index (χ2v) is 4.94. The monoisotopic (exact) mass is 244 g/mol. The van der Waals surface area contributed by atoms with Crippen molar-refractivity contribution in [3.8, 4) is 0 Å². The third kappa shape index (κ3) is 8.50. The number of hydrogen-bond acceptors (Lipinski definition) is 3. The summed E-state index contributed by atoms with van der Waals surface area (Å²) in [6, 6.07) is -0.157. The van der Waals surface area contributed by atoms with E-state index in [2.05, 4.69) is 5.32 Å². The molecule has 2 amide bonds. The standard InChI is InChI=1S/C11H24N4O2/c1-11(2,3)14-10(16)15(7-8-17-4)6-5-9(12)13/h5-8H2,1-4H3,(H3,12,13)(H,14,16). The van der Waals surface area contributed by atoms with Gasteiger partial charge in [-0.3, -0.25) is 5.41 Å². The molecule has 100 valence electrons. The molecule has 0 rings (SSSR count). The number of carbonyl (C=O) groups excluding carboxylic acids is 1. The van der Waals surface area contributed by atoms with Gasteiger partial charge in [0, 0.05) is 32.2 Å². The number of amides is 2. The van der Waals surface area contributed by atoms with Crippen molar-refractivity contribution in [1.29, 1.82) is 5.41 Å². The van der Waals surface area contributed by atoms with E-state index in [0.717, 1.165) is 0 Å². The van der Waals surface area contributed by atoms with Gasteiger partial charge in [-0.1, -0.05) is 0 Å². The number of urea groups is 1. The second-order valence-electron chi connectivity index (χ2n) is 4.94. The number of hydrogen-bond donors (Lipinski definition) is 3. The lowest BCUT2D eigenvalue weighted by atomic mass is 10.1. The molecule has 0 bridgehead atoms. The Morgan fingerprint density at radius 2 is 2.00 bits per heavy atom. The first kappa shape index (κ1) is 15.7. The summed E-state index contributed by atoms with van der Waals surface area (Å²) in [5.74, 6) is 0.0796. The number of nitrogens with one attached hydrogen (secondary N) is 2. The van der Waals surface area contributed by atoms with Gasteiger partial charge in [-0.2, -0.15) is 0 Å². The third-order valence-corrected chi connectivity index (χ3v) is 1.99. The normalized spacial score (nSPS) is 11.1. The van der Waals surface area contributed by atoms with Crippen LogP contribution in [0, 0.1) is 5.41 Å². The molecule has 0 aromatic rings. The van der Waals surface area contributed by atoms with Crippen molar-refractivity contribution >= 4 is 11.9 Å². The minimum atomic E-state index is -0.279. The summed E-state index contributed by atoms with van der Waals surface area (Å²) < 4.78 is 4.95. The number of ether oxygens (including phenoxy) is 1. The molecule has 4 N–H and O–H groups in total. The van der Waals surface area contributed by atoms with Crippen LogP contribution < -0.4 is 11.1 Å². The second kappa shape index (κ2) is 7.11. The minimum absolute atomic E-state index is 0.0796. The molecule has 6 nitrogen and oxygen atoms in total. The number of rotatable bonds is 6. The highest BCUT2D eigenvalue weighted by atomic mass is 16.5. The summed E-state index contributed by atoms with van der Waals surface area (Å²) >= 11 is 0. The predicted molar refractivity (Wildman–Crippen MR) is 68.3 cm³/mol. The molecule has 0 aliphatic rings. The van der Waals surface area contributed by atoms with Crippen molar-refractivity contribution in [2.45, 2.75) is 32.7 Å². The van der Waals surface area contributed by atoms with E-state index in [0.29, 0.717) is 26.1 Å². The number of nitrogens with zero attached hydrogens (tertiary/aromatic N) is 1. The highest BCUT2D eigenvalue weighted by Gasteiger charge is 2.19. The van der Waals surface area contributed by atoms with Gasteiger partial charge in [0.15, 0.2) is 0 Å². The fourth-order valence-electron chi connectivity index (χ4n) is 1.17. The molecule has 0 heterocycles. The summed E-state index contributed by atoms with van der Waals surface area (Å²) in [6.07, 6.45) is 0.376. The van der Waals surface area contributed by atoms with Gasteiger partial charge in [0.05, 0.1) is 12.4 Å². The minimum Gasteiger partial charge on any atom is -0.388 e. The predicted octanol–water partition coefficient (Wildman–Crippen LogP) is 0.769. The lowest BCUT2D eigenvalue weighted by Gasteiger charge is -2.28. The van der Waals surface area contributed by atoms with Gasteiger partial charge >= 0.3 is 6.03 Å². The van der Waals surface area contributed by atoms with Crippen molar-refractivity contribution in [3.05, 3.63) is 0 Å². The molecule has 0 atom stereocenters. The molecule has 0 unspecified atom stereocenters. The fourth-order valence-corrected chi connectivity index (χ4v) is 1.17. The largest absolute Gasteiger partial charge is 0.388 e. The number of nitrogens with two attached hydrogens (primary N) is 1. The van der Waals surface area contributed by atoms with Gasteiger partial charge in [-0.05, 0) is 20.8 Å². The van der Waals surface area contributed by atoms with Crippen LogP contribution in [0.5, 0.6) is 0 Å². The zero-order chi connectivity index (χ0) is 13.5. The Morgan fingerprint density at radius 1 is 1.41 bits per heavy atom. The van der Waals surface area contributed by atoms with E-state index in [1.165, 1.54) is 0 Å². The SMILES string of the molecule is COCCN(CCC(=N)N)C(=O)NC(C)(C)C. The summed E-state index contributed by atoms with van der Waals surface area (Å²) in [6.45, 7) is 7.15. The quantitative estimate of drug-likeness (QED) is 0.476. The fraction of sp³-hybridized carbons (Fsp3) is 0.818. The first-order chi connectivity index (χ1) is 7.76. The Kier molecular flexibility index (Phi) is 6.57. The lowest BCUT2D eigenvalue weighted by Crippen LogP contribution is -2.50. The Morgan fingerprint density at radius 3 is 2.41 bits per heavy atom. The molecule has 0 saturated heterocycles. The van der Waals surface area contributed by atoms with Crippen LogP contribution in [-0.2, 0) is 4.74 Å². The van der Waals surface area contributed by atoms with Crippen LogP contribution >= 0.6 is 0 Å². The van der Waals surface area contributed by atoms with Gasteiger partial charge in [-0.25, -0.2) is 4.79 Å². The molecular weight excluding hydrogens is 220 g/mol. The van der Waals surface area contributed by atoms with Gasteiger partial charge in [0.25, 0.3) is 0 Å². The van der Waals surface area contributed by atoms with E-state index in [-0.39, 0.29) is 17.4 Å². The van der Waals surface area contributed by atoms with Gasteiger partial charge < -0.3 is 20.7 Å². The van der Waals surface area contributed by atoms with Crippen LogP contribution in [-0.4, -0.2) is 49.1 Å². The van der Waals surface area contributed by atoms with Crippen LogP contribution in [0.3, 0.4) is 0 Å². The van der Waals surface area contributed by atoms with Crippen LogP contribution in [0.15, 0.2) is 0 Å². The van der Waals surface area contributed by atoms with E-state index in [9.17, 15) is 4.79 Å². The van der Waals surface area contributed by atoms with Crippen LogP contribution in [0.2, 0.25) is 0 Å². The molecule has 0 radical (unpaired) electrons. The highest BCUT2D eigenvalue weighted by molar-refractivity contribution is 5.79. The molecule has 0 spiro atoms. The number of methoxy groups -OCH3 is 1. The number of amidine groups is 1. The first-order valence-corrected chi connectivity index (χ1v) is 5.65. The van der Waals surface area contributed by atoms with Crippen molar-refractivity contribution in [2.24, 2.45) is 5.73 Å². The van der Waals surface area contributed by atoms with Crippen molar-refractivity contribution in [3.63, 3.8) is 0 Å². The molecule has 0 aliphatic heterocycles. The molecule has 6 heteroatoms. The van der Waals surface area contributed by atoms with Crippen LogP contribution in [0.1, 0.15) is 27.2 Å². The van der Waals surface area contributed by atoms with Crippen molar-refractivity contribution < 1.29 is 9.53 Å². The van der Waals surface area contributed by atoms with Gasteiger partial charge in [0.1, 0.15) is 0 Å². The van der Waals surface area contributed by atoms with Crippen LogP contribution in [0.25, 0.3) is 0 Å². The smallest absolute Gasteiger partial charge is 0.317 e. The summed E-state index contributed by atoms with van der Waals surface area (Å²) in [4.78, 5) is 13.5. The zero-order valence-electron chi connectivity index (χ0n) is 11.2. The molecule has 17 heavy (non-hydrogen) atoms. The van der Waals surface area contributed by atoms with Crippen molar-refractivity contribution in [1.82, 2.24) is 10.2 Å². The Bertz CT molecular complexity index is 261. The van der Waals surface area contributed by atoms with E-state index in [1.807, 2.05) is 20.8 Å². The van der Waals surface area contributed by atoms with E-state index < -0.39 is 0 Å². The average molecular weight is 244 g/mol. The maximum absolute atomic E-state index is 11.9. The molecule has 0 saturated carbocycles. The van der Waals surface area contributed by atoms with Gasteiger partial charge in [-0.15, -0.1) is 0 Å². The Balaban J connectivity index is 4.33. The van der Waals surface area contributed by atoms with E-state index in [1.54, 1.807) is 12.0 Å². The average Bonchev–Trinajstić information content (AvgIpc) is 2.14. The highest BCUT2D eigenvalue weighted by Crippen LogP contribution is 2.02. The molecule has 0 aliphatic carbocycles. The molecular formula is C11H24N4O2. The molecule has 0 aromatic heterocycles. The maximum Gasteiger partial charge on any atom is 0.317 e. The topological polar surface area (TPSA) is 91.4 Å². The Labute approximate surface area is 103 Å². The maximum atomic E-state index is 11.9. The van der Waals surface area contributed by atoms with Gasteiger partial charge in [0.2, 0.25) is 0 Å². The number of carbonyl (C=O) groups is 1. The lowest BCUT2D eigenvalue weighted by molar-refractivity contribution is 0.146.